The number of Topliss-reactive ketones (excluding diaryl/α,β-unsaturated/α-hetero) is 1. The highest BCUT2D eigenvalue weighted by atomic mass is 127. The Morgan fingerprint density at radius 3 is 2.09 bits per heavy atom. The summed E-state index contributed by atoms with van der Waals surface area (Å²) in [6.07, 6.45) is 0.735. The second-order valence-electron chi connectivity index (χ2n) is 9.71. The molecule has 10 heteroatoms. The normalized spacial score (nSPS) is 13.1. The van der Waals surface area contributed by atoms with Crippen LogP contribution in [0.2, 0.25) is 0 Å². The molecule has 0 rings (SSSR count). The van der Waals surface area contributed by atoms with Crippen molar-refractivity contribution >= 4 is 52.1 Å². The van der Waals surface area contributed by atoms with Crippen molar-refractivity contribution in [2.45, 2.75) is 73.3 Å². The number of rotatable bonds is 15. The summed E-state index contributed by atoms with van der Waals surface area (Å²) in [7, 11) is 0. The number of halogens is 1. The van der Waals surface area contributed by atoms with Crippen molar-refractivity contribution in [1.29, 1.82) is 0 Å². The number of ketones is 1. The topological polar surface area (TPSA) is 131 Å². The van der Waals surface area contributed by atoms with E-state index in [9.17, 15) is 24.0 Å². The minimum atomic E-state index is -0.703. The van der Waals surface area contributed by atoms with Crippen LogP contribution in [0.5, 0.6) is 0 Å². The lowest BCUT2D eigenvalue weighted by atomic mass is 9.92. The van der Waals surface area contributed by atoms with Crippen LogP contribution < -0.4 is 16.0 Å². The van der Waals surface area contributed by atoms with Crippen LogP contribution in [-0.2, 0) is 28.7 Å². The average molecular weight is 581 g/mol. The van der Waals surface area contributed by atoms with Crippen LogP contribution in [0.1, 0.15) is 67.2 Å². The maximum absolute atomic E-state index is 12.7. The number of carbonyl (C=O) groups is 5. The molecule has 0 saturated heterocycles. The largest absolute Gasteiger partial charge is 0.465 e. The zero-order valence-electron chi connectivity index (χ0n) is 20.7. The number of ether oxygens (including phenoxy) is 1. The maximum atomic E-state index is 12.7. The first kappa shape index (κ1) is 31.3. The standard InChI is InChI=1S/C23H40IN3O6/c1-15(2)21(27-18(29)9-11-25-19(30)13-24)17(28)12-16(3)22(32)26-10-7-8-20(31)33-14-23(4,5)6/h15-16,21H,7-14H2,1-6H3,(H,25,30)(H,26,32)(H,27,29)/t16-,21+/m1/s1. The molecule has 33 heavy (non-hydrogen) atoms. The van der Waals surface area contributed by atoms with Gasteiger partial charge in [0.2, 0.25) is 17.7 Å². The van der Waals surface area contributed by atoms with Crippen molar-refractivity contribution in [2.75, 3.05) is 24.1 Å². The van der Waals surface area contributed by atoms with Crippen LogP contribution in [0.4, 0.5) is 0 Å². The Morgan fingerprint density at radius 2 is 1.55 bits per heavy atom. The van der Waals surface area contributed by atoms with E-state index < -0.39 is 12.0 Å². The van der Waals surface area contributed by atoms with E-state index in [2.05, 4.69) is 16.0 Å². The number of amides is 3. The van der Waals surface area contributed by atoms with Crippen LogP contribution in [-0.4, -0.2) is 59.6 Å². The van der Waals surface area contributed by atoms with Gasteiger partial charge in [0.1, 0.15) is 0 Å². The van der Waals surface area contributed by atoms with Crippen LogP contribution in [0.15, 0.2) is 0 Å². The van der Waals surface area contributed by atoms with E-state index in [1.165, 1.54) is 0 Å². The monoisotopic (exact) mass is 581 g/mol. The Kier molecular flexibility index (Phi) is 15.2. The Labute approximate surface area is 211 Å². The predicted molar refractivity (Wildman–Crippen MR) is 135 cm³/mol. The van der Waals surface area contributed by atoms with Gasteiger partial charge in [-0.2, -0.15) is 0 Å². The van der Waals surface area contributed by atoms with Gasteiger partial charge in [0.15, 0.2) is 5.78 Å². The van der Waals surface area contributed by atoms with E-state index in [4.69, 9.17) is 4.74 Å². The third kappa shape index (κ3) is 15.7. The van der Waals surface area contributed by atoms with Crippen molar-refractivity contribution in [2.24, 2.45) is 17.3 Å². The lowest BCUT2D eigenvalue weighted by molar-refractivity contribution is -0.146. The second kappa shape index (κ2) is 16.0. The number of alkyl halides is 1. The molecule has 0 aromatic carbocycles. The summed E-state index contributed by atoms with van der Waals surface area (Å²) < 4.78 is 5.50. The number of nitrogens with one attached hydrogen (secondary N) is 3. The first-order chi connectivity index (χ1) is 15.3. The molecule has 0 spiro atoms. The van der Waals surface area contributed by atoms with E-state index in [0.717, 1.165) is 0 Å². The Bertz CT molecular complexity index is 676. The third-order valence-corrected chi connectivity index (χ3v) is 5.30. The fourth-order valence-electron chi connectivity index (χ4n) is 2.74. The van der Waals surface area contributed by atoms with Gasteiger partial charge in [-0.15, -0.1) is 0 Å². The van der Waals surface area contributed by atoms with E-state index in [0.29, 0.717) is 24.0 Å². The second-order valence-corrected chi connectivity index (χ2v) is 10.5. The number of esters is 1. The summed E-state index contributed by atoms with van der Waals surface area (Å²) >= 11 is 1.93. The summed E-state index contributed by atoms with van der Waals surface area (Å²) in [6.45, 7) is 12.1. The smallest absolute Gasteiger partial charge is 0.305 e. The number of carbonyl (C=O) groups excluding carboxylic acids is 5. The summed E-state index contributed by atoms with van der Waals surface area (Å²) in [4.78, 5) is 60.1. The summed E-state index contributed by atoms with van der Waals surface area (Å²) in [5, 5.41) is 8.07. The third-order valence-electron chi connectivity index (χ3n) is 4.60. The maximum Gasteiger partial charge on any atom is 0.305 e. The molecule has 0 fully saturated rings. The molecule has 0 aliphatic heterocycles. The molecule has 0 unspecified atom stereocenters. The molecule has 0 aliphatic rings. The first-order valence-electron chi connectivity index (χ1n) is 11.3. The summed E-state index contributed by atoms with van der Waals surface area (Å²) in [6, 6.07) is -0.703. The fraction of sp³-hybridized carbons (Fsp3) is 0.783. The van der Waals surface area contributed by atoms with Crippen molar-refractivity contribution in [3.8, 4) is 0 Å². The van der Waals surface area contributed by atoms with Crippen LogP contribution in [0.25, 0.3) is 0 Å². The molecule has 0 aromatic rings. The highest BCUT2D eigenvalue weighted by Crippen LogP contribution is 2.14. The van der Waals surface area contributed by atoms with Crippen molar-refractivity contribution in [3.63, 3.8) is 0 Å². The van der Waals surface area contributed by atoms with Crippen LogP contribution >= 0.6 is 22.6 Å². The lowest BCUT2D eigenvalue weighted by Crippen LogP contribution is -2.46. The molecule has 0 bridgehead atoms. The van der Waals surface area contributed by atoms with Crippen molar-refractivity contribution in [3.05, 3.63) is 0 Å². The molecular weight excluding hydrogens is 541 g/mol. The lowest BCUT2D eigenvalue weighted by Gasteiger charge is -2.23. The zero-order chi connectivity index (χ0) is 25.6. The van der Waals surface area contributed by atoms with E-state index in [-0.39, 0.29) is 66.6 Å². The molecule has 0 radical (unpaired) electrons. The molecule has 2 atom stereocenters. The van der Waals surface area contributed by atoms with Gasteiger partial charge in [-0.3, -0.25) is 24.0 Å². The number of hydrogen-bond acceptors (Lipinski definition) is 6. The SMILES string of the molecule is CC(C)[C@H](NC(=O)CCNC(=O)CI)C(=O)C[C@@H](C)C(=O)NCCCC(=O)OCC(C)(C)C. The van der Waals surface area contributed by atoms with Crippen LogP contribution in [0, 0.1) is 17.3 Å². The fourth-order valence-corrected chi connectivity index (χ4v) is 3.01. The zero-order valence-corrected chi connectivity index (χ0v) is 22.9. The molecular formula is C23H40IN3O6. The van der Waals surface area contributed by atoms with Crippen LogP contribution in [0.3, 0.4) is 0 Å². The average Bonchev–Trinajstić information content (AvgIpc) is 2.72. The minimum absolute atomic E-state index is 0.00580. The molecule has 190 valence electrons. The molecule has 9 nitrogen and oxygen atoms in total. The Balaban J connectivity index is 4.40. The summed E-state index contributed by atoms with van der Waals surface area (Å²) in [5.41, 5.74) is -0.0934. The predicted octanol–water partition coefficient (Wildman–Crippen LogP) is 2.15. The molecule has 3 N–H and O–H groups in total. The summed E-state index contributed by atoms with van der Waals surface area (Å²) in [5.74, 6) is -1.98. The Hall–Kier alpha value is -1.72. The highest BCUT2D eigenvalue weighted by Gasteiger charge is 2.27. The molecule has 0 aliphatic carbocycles. The van der Waals surface area contributed by atoms with E-state index >= 15 is 0 Å². The Morgan fingerprint density at radius 1 is 0.909 bits per heavy atom. The number of hydrogen-bond donors (Lipinski definition) is 3. The quantitative estimate of drug-likeness (QED) is 0.118. The molecule has 0 saturated carbocycles. The van der Waals surface area contributed by atoms with Gasteiger partial charge in [0.25, 0.3) is 0 Å². The van der Waals surface area contributed by atoms with E-state index in [1.54, 1.807) is 6.92 Å². The van der Waals surface area contributed by atoms with Gasteiger partial charge in [-0.1, -0.05) is 64.1 Å². The van der Waals surface area contributed by atoms with Gasteiger partial charge in [0.05, 0.1) is 17.1 Å². The molecule has 0 aromatic heterocycles. The highest BCUT2D eigenvalue weighted by molar-refractivity contribution is 14.1. The molecule has 0 heterocycles. The van der Waals surface area contributed by atoms with Crippen molar-refractivity contribution in [1.82, 2.24) is 16.0 Å². The van der Waals surface area contributed by atoms with Gasteiger partial charge in [0, 0.05) is 38.3 Å². The van der Waals surface area contributed by atoms with Gasteiger partial charge in [-0.25, -0.2) is 0 Å². The molecule has 3 amide bonds. The minimum Gasteiger partial charge on any atom is -0.465 e. The van der Waals surface area contributed by atoms with Gasteiger partial charge in [-0.05, 0) is 17.8 Å². The van der Waals surface area contributed by atoms with Gasteiger partial charge < -0.3 is 20.7 Å². The first-order valence-corrected chi connectivity index (χ1v) is 12.9. The van der Waals surface area contributed by atoms with E-state index in [1.807, 2.05) is 57.2 Å². The van der Waals surface area contributed by atoms with Gasteiger partial charge >= 0.3 is 5.97 Å². The van der Waals surface area contributed by atoms with Crippen molar-refractivity contribution < 1.29 is 28.7 Å².